The Balaban J connectivity index is 1.80. The van der Waals surface area contributed by atoms with Crippen LogP contribution < -0.4 is 5.19 Å². The molecule has 0 spiro atoms. The van der Waals surface area contributed by atoms with Crippen molar-refractivity contribution in [3.63, 3.8) is 0 Å². The largest absolute Gasteiger partial charge is 0.507 e. The fraction of sp³-hybridized carbons (Fsp3) is 0.250. The van der Waals surface area contributed by atoms with Crippen molar-refractivity contribution in [1.29, 1.82) is 0 Å². The molecule has 3 aromatic carbocycles. The van der Waals surface area contributed by atoms with Gasteiger partial charge in [-0.25, -0.2) is 4.98 Å². The van der Waals surface area contributed by atoms with Crippen LogP contribution in [-0.2, 0) is 0 Å². The highest BCUT2D eigenvalue weighted by Crippen LogP contribution is 2.38. The van der Waals surface area contributed by atoms with Crippen molar-refractivity contribution in [2.24, 2.45) is 0 Å². The summed E-state index contributed by atoms with van der Waals surface area (Å²) in [6, 6.07) is 21.1. The number of aromatic nitrogens is 2. The summed E-state index contributed by atoms with van der Waals surface area (Å²) in [5.74, 6) is 1.01. The zero-order valence-corrected chi connectivity index (χ0v) is 23.7. The van der Waals surface area contributed by atoms with E-state index in [0.29, 0.717) is 17.4 Å². The molecular formula is C32H34N2O2Si. The molecule has 4 nitrogen and oxygen atoms in total. The van der Waals surface area contributed by atoms with Gasteiger partial charge >= 0.3 is 0 Å². The van der Waals surface area contributed by atoms with Crippen LogP contribution in [-0.4, -0.2) is 23.1 Å². The molecule has 0 atom stereocenters. The van der Waals surface area contributed by atoms with Gasteiger partial charge in [0.25, 0.3) is 0 Å². The second-order valence-electron chi connectivity index (χ2n) is 11.3. The number of aryl methyl sites for hydroxylation is 2. The monoisotopic (exact) mass is 506 g/mol. The number of hydrogen-bond acceptors (Lipinski definition) is 4. The van der Waals surface area contributed by atoms with E-state index >= 15 is 0 Å². The van der Waals surface area contributed by atoms with Crippen molar-refractivity contribution in [3.05, 3.63) is 83.6 Å². The van der Waals surface area contributed by atoms with Crippen molar-refractivity contribution in [3.8, 4) is 39.6 Å². The Morgan fingerprint density at radius 2 is 1.62 bits per heavy atom. The lowest BCUT2D eigenvalue weighted by molar-refractivity contribution is 0.470. The van der Waals surface area contributed by atoms with E-state index in [1.165, 1.54) is 10.8 Å². The number of fused-ring (bicyclic) bond motifs is 1. The zero-order chi connectivity index (χ0) is 26.5. The van der Waals surface area contributed by atoms with Crippen LogP contribution in [0.5, 0.6) is 5.75 Å². The van der Waals surface area contributed by atoms with Gasteiger partial charge in [0.1, 0.15) is 11.3 Å². The highest BCUT2D eigenvalue weighted by Gasteiger charge is 2.23. The minimum absolute atomic E-state index is 0.211. The smallest absolute Gasteiger partial charge is 0.231 e. The number of oxazole rings is 1. The summed E-state index contributed by atoms with van der Waals surface area (Å²) >= 11 is 0. The molecule has 0 radical (unpaired) electrons. The Kier molecular flexibility index (Phi) is 6.28. The molecule has 5 aromatic rings. The zero-order valence-electron chi connectivity index (χ0n) is 22.7. The predicted molar refractivity (Wildman–Crippen MR) is 156 cm³/mol. The number of phenols is 1. The number of rotatable bonds is 5. The standard InChI is InChI=1S/C32H34N2O2Si/c1-19(2)22-14-23(16-24(15-22)28-10-8-9-11-33-28)26-17-25(37(5,6)7)18-29-30(26)34-32(36-29)27-13-20(3)12-21(4)31(27)35/h8-19,35H,1-7H3. The average Bonchev–Trinajstić information content (AvgIpc) is 3.29. The van der Waals surface area contributed by atoms with Crippen LogP contribution in [0.2, 0.25) is 19.6 Å². The normalized spacial score (nSPS) is 12.0. The van der Waals surface area contributed by atoms with Gasteiger partial charge in [-0.05, 0) is 78.4 Å². The summed E-state index contributed by atoms with van der Waals surface area (Å²) in [7, 11) is -1.68. The lowest BCUT2D eigenvalue weighted by Gasteiger charge is -2.19. The molecule has 188 valence electrons. The minimum Gasteiger partial charge on any atom is -0.507 e. The topological polar surface area (TPSA) is 59.2 Å². The van der Waals surface area contributed by atoms with E-state index in [0.717, 1.165) is 44.6 Å². The number of aromatic hydroxyl groups is 1. The molecule has 1 N–H and O–H groups in total. The number of pyridine rings is 1. The van der Waals surface area contributed by atoms with E-state index in [-0.39, 0.29) is 5.75 Å². The molecule has 0 bridgehead atoms. The summed E-state index contributed by atoms with van der Waals surface area (Å²) < 4.78 is 6.37. The van der Waals surface area contributed by atoms with Gasteiger partial charge in [-0.2, -0.15) is 0 Å². The molecule has 0 saturated heterocycles. The summed E-state index contributed by atoms with van der Waals surface area (Å²) in [4.78, 5) is 9.59. The molecule has 0 amide bonds. The summed E-state index contributed by atoms with van der Waals surface area (Å²) in [6.07, 6.45) is 1.83. The summed E-state index contributed by atoms with van der Waals surface area (Å²) in [5, 5.41) is 12.1. The number of phenolic OH excluding ortho intramolecular Hbond substituents is 1. The van der Waals surface area contributed by atoms with E-state index in [9.17, 15) is 5.11 Å². The van der Waals surface area contributed by atoms with E-state index in [4.69, 9.17) is 9.40 Å². The quantitative estimate of drug-likeness (QED) is 0.244. The lowest BCUT2D eigenvalue weighted by atomic mass is 9.93. The second kappa shape index (κ2) is 9.31. The molecule has 37 heavy (non-hydrogen) atoms. The first-order chi connectivity index (χ1) is 17.5. The fourth-order valence-electron chi connectivity index (χ4n) is 4.74. The van der Waals surface area contributed by atoms with Gasteiger partial charge in [0, 0.05) is 17.3 Å². The Hall–Kier alpha value is -3.70. The van der Waals surface area contributed by atoms with Gasteiger partial charge in [-0.1, -0.05) is 62.9 Å². The number of nitrogens with zero attached hydrogens (tertiary/aromatic N) is 2. The molecule has 2 heterocycles. The van der Waals surface area contributed by atoms with E-state index in [2.05, 4.69) is 68.8 Å². The maximum atomic E-state index is 10.8. The Morgan fingerprint density at radius 3 is 2.30 bits per heavy atom. The van der Waals surface area contributed by atoms with Crippen molar-refractivity contribution >= 4 is 24.4 Å². The number of hydrogen-bond donors (Lipinski definition) is 1. The van der Waals surface area contributed by atoms with Crippen LogP contribution in [0.3, 0.4) is 0 Å². The van der Waals surface area contributed by atoms with Crippen LogP contribution in [0.25, 0.3) is 44.9 Å². The van der Waals surface area contributed by atoms with E-state index in [1.807, 2.05) is 50.4 Å². The van der Waals surface area contributed by atoms with Gasteiger partial charge < -0.3 is 9.52 Å². The molecule has 0 saturated carbocycles. The number of benzene rings is 3. The third-order valence-corrected chi connectivity index (χ3v) is 8.95. The van der Waals surface area contributed by atoms with Crippen molar-refractivity contribution in [2.75, 3.05) is 0 Å². The van der Waals surface area contributed by atoms with Crippen LogP contribution >= 0.6 is 0 Å². The molecule has 2 aromatic heterocycles. The van der Waals surface area contributed by atoms with Gasteiger partial charge in [-0.15, -0.1) is 0 Å². The first-order valence-corrected chi connectivity index (χ1v) is 16.3. The molecule has 5 heteroatoms. The van der Waals surface area contributed by atoms with E-state index in [1.54, 1.807) is 0 Å². The third kappa shape index (κ3) is 4.84. The van der Waals surface area contributed by atoms with Gasteiger partial charge in [0.2, 0.25) is 5.89 Å². The molecule has 0 aliphatic heterocycles. The predicted octanol–water partition coefficient (Wildman–Crippen LogP) is 8.21. The van der Waals surface area contributed by atoms with Crippen molar-refractivity contribution < 1.29 is 9.52 Å². The molecule has 0 unspecified atom stereocenters. The summed E-state index contributed by atoms with van der Waals surface area (Å²) in [5.41, 5.74) is 9.48. The first kappa shape index (κ1) is 25.0. The van der Waals surface area contributed by atoms with Crippen LogP contribution in [0.15, 0.2) is 71.3 Å². The Bertz CT molecular complexity index is 1610. The van der Waals surface area contributed by atoms with Crippen LogP contribution in [0, 0.1) is 13.8 Å². The Morgan fingerprint density at radius 1 is 0.865 bits per heavy atom. The van der Waals surface area contributed by atoms with Gasteiger partial charge in [-0.3, -0.25) is 4.98 Å². The van der Waals surface area contributed by atoms with E-state index < -0.39 is 8.07 Å². The second-order valence-corrected chi connectivity index (χ2v) is 16.4. The molecule has 0 fully saturated rings. The fourth-order valence-corrected chi connectivity index (χ4v) is 5.88. The van der Waals surface area contributed by atoms with Gasteiger partial charge in [0.05, 0.1) is 19.3 Å². The lowest BCUT2D eigenvalue weighted by Crippen LogP contribution is -2.37. The van der Waals surface area contributed by atoms with Crippen molar-refractivity contribution in [2.45, 2.75) is 53.3 Å². The maximum absolute atomic E-state index is 10.8. The van der Waals surface area contributed by atoms with Crippen LogP contribution in [0.4, 0.5) is 0 Å². The molecular weight excluding hydrogens is 472 g/mol. The maximum Gasteiger partial charge on any atom is 0.231 e. The highest BCUT2D eigenvalue weighted by atomic mass is 28.3. The average molecular weight is 507 g/mol. The highest BCUT2D eigenvalue weighted by molar-refractivity contribution is 6.88. The molecule has 0 aliphatic rings. The molecule has 5 rings (SSSR count). The SMILES string of the molecule is Cc1cc(C)c(O)c(-c2nc3c(-c4cc(-c5ccccn5)cc(C(C)C)c4)cc([Si](C)(C)C)cc3o2)c1. The first-order valence-electron chi connectivity index (χ1n) is 12.8. The third-order valence-electron chi connectivity index (χ3n) is 6.93. The van der Waals surface area contributed by atoms with Crippen LogP contribution in [0.1, 0.15) is 36.5 Å². The van der Waals surface area contributed by atoms with Crippen molar-refractivity contribution in [1.82, 2.24) is 9.97 Å². The molecule has 0 aliphatic carbocycles. The van der Waals surface area contributed by atoms with Gasteiger partial charge in [0.15, 0.2) is 5.58 Å². The summed E-state index contributed by atoms with van der Waals surface area (Å²) in [6.45, 7) is 15.4. The Labute approximate surface area is 220 Å². The minimum atomic E-state index is -1.68.